The SMILES string of the molecule is CCCN(C(=O)/C(C#N)=C/COSN1CC1)C(C)C1CCC(OC)CC1. The minimum absolute atomic E-state index is 0.130. The second-order valence-corrected chi connectivity index (χ2v) is 7.93. The van der Waals surface area contributed by atoms with Crippen molar-refractivity contribution >= 4 is 18.1 Å². The molecule has 7 heteroatoms. The van der Waals surface area contributed by atoms with E-state index >= 15 is 0 Å². The van der Waals surface area contributed by atoms with E-state index in [2.05, 4.69) is 24.2 Å². The largest absolute Gasteiger partial charge is 0.381 e. The Kier molecular flexibility index (Phi) is 8.93. The molecule has 146 valence electrons. The van der Waals surface area contributed by atoms with Crippen LogP contribution in [-0.2, 0) is 13.7 Å². The number of rotatable bonds is 10. The van der Waals surface area contributed by atoms with Crippen molar-refractivity contribution < 1.29 is 13.7 Å². The predicted molar refractivity (Wildman–Crippen MR) is 103 cm³/mol. The van der Waals surface area contributed by atoms with E-state index in [0.717, 1.165) is 45.2 Å². The van der Waals surface area contributed by atoms with Gasteiger partial charge in [0.15, 0.2) is 0 Å². The summed E-state index contributed by atoms with van der Waals surface area (Å²) in [5.74, 6) is 0.294. The molecule has 0 spiro atoms. The summed E-state index contributed by atoms with van der Waals surface area (Å²) in [5.41, 5.74) is 0.183. The van der Waals surface area contributed by atoms with Crippen molar-refractivity contribution in [1.82, 2.24) is 9.21 Å². The molecule has 2 fully saturated rings. The molecule has 1 amide bonds. The Labute approximate surface area is 161 Å². The molecule has 2 rings (SSSR count). The van der Waals surface area contributed by atoms with Gasteiger partial charge in [0.2, 0.25) is 0 Å². The summed E-state index contributed by atoms with van der Waals surface area (Å²) < 4.78 is 12.9. The highest BCUT2D eigenvalue weighted by atomic mass is 32.2. The fraction of sp³-hybridized carbons (Fsp3) is 0.789. The molecule has 1 aliphatic carbocycles. The van der Waals surface area contributed by atoms with Crippen LogP contribution in [0.3, 0.4) is 0 Å². The van der Waals surface area contributed by atoms with Crippen LogP contribution in [0.4, 0.5) is 0 Å². The maximum Gasteiger partial charge on any atom is 0.264 e. The van der Waals surface area contributed by atoms with E-state index in [1.54, 1.807) is 13.2 Å². The van der Waals surface area contributed by atoms with Crippen molar-refractivity contribution in [3.63, 3.8) is 0 Å². The van der Waals surface area contributed by atoms with Gasteiger partial charge in [-0.1, -0.05) is 6.92 Å². The molecular weight excluding hydrogens is 350 g/mol. The number of methoxy groups -OCH3 is 1. The number of nitrogens with zero attached hydrogens (tertiary/aromatic N) is 3. The van der Waals surface area contributed by atoms with Gasteiger partial charge in [0, 0.05) is 32.8 Å². The zero-order valence-corrected chi connectivity index (χ0v) is 17.0. The van der Waals surface area contributed by atoms with E-state index in [1.165, 1.54) is 12.2 Å². The molecule has 0 N–H and O–H groups in total. The van der Waals surface area contributed by atoms with Gasteiger partial charge in [0.1, 0.15) is 11.6 Å². The average molecular weight is 382 g/mol. The third kappa shape index (κ3) is 6.27. The lowest BCUT2D eigenvalue weighted by Crippen LogP contribution is -2.45. The van der Waals surface area contributed by atoms with Gasteiger partial charge in [-0.15, -0.1) is 0 Å². The van der Waals surface area contributed by atoms with Crippen LogP contribution in [0.2, 0.25) is 0 Å². The Balaban J connectivity index is 1.95. The third-order valence-corrected chi connectivity index (χ3v) is 6.04. The Morgan fingerprint density at radius 1 is 1.38 bits per heavy atom. The highest BCUT2D eigenvalue weighted by Crippen LogP contribution is 2.31. The normalized spacial score (nSPS) is 24.8. The Morgan fingerprint density at radius 2 is 2.08 bits per heavy atom. The summed E-state index contributed by atoms with van der Waals surface area (Å²) in [6, 6.07) is 2.20. The third-order valence-electron chi connectivity index (χ3n) is 5.22. The van der Waals surface area contributed by atoms with Crippen molar-refractivity contribution in [1.29, 1.82) is 5.26 Å². The Hall–Kier alpha value is -1.07. The lowest BCUT2D eigenvalue weighted by atomic mass is 9.82. The lowest BCUT2D eigenvalue weighted by molar-refractivity contribution is -0.130. The van der Waals surface area contributed by atoms with Crippen molar-refractivity contribution in [2.24, 2.45) is 5.92 Å². The summed E-state index contributed by atoms with van der Waals surface area (Å²) in [4.78, 5) is 14.8. The number of carbonyl (C=O) groups excluding carboxylic acids is 1. The molecule has 6 nitrogen and oxygen atoms in total. The summed E-state index contributed by atoms with van der Waals surface area (Å²) >= 11 is 1.30. The summed E-state index contributed by atoms with van der Waals surface area (Å²) in [7, 11) is 1.77. The summed E-state index contributed by atoms with van der Waals surface area (Å²) in [6.07, 6.45) is 7.05. The molecule has 0 radical (unpaired) electrons. The minimum Gasteiger partial charge on any atom is -0.381 e. The number of ether oxygens (including phenoxy) is 1. The lowest BCUT2D eigenvalue weighted by Gasteiger charge is -2.38. The van der Waals surface area contributed by atoms with Gasteiger partial charge in [0.25, 0.3) is 5.91 Å². The van der Waals surface area contributed by atoms with Crippen LogP contribution >= 0.6 is 12.2 Å². The van der Waals surface area contributed by atoms with Gasteiger partial charge < -0.3 is 9.64 Å². The first-order valence-corrected chi connectivity index (χ1v) is 10.3. The number of carbonyl (C=O) groups is 1. The maximum absolute atomic E-state index is 12.9. The molecule has 1 atom stereocenters. The number of nitriles is 1. The zero-order valence-electron chi connectivity index (χ0n) is 16.1. The first-order valence-electron chi connectivity index (χ1n) is 9.59. The van der Waals surface area contributed by atoms with Gasteiger partial charge in [-0.2, -0.15) is 5.26 Å². The van der Waals surface area contributed by atoms with Crippen molar-refractivity contribution in [3.8, 4) is 6.07 Å². The molecule has 0 aromatic rings. The first kappa shape index (κ1) is 21.2. The Bertz CT molecular complexity index is 523. The molecule has 0 bridgehead atoms. The highest BCUT2D eigenvalue weighted by Gasteiger charge is 2.31. The van der Waals surface area contributed by atoms with Crippen LogP contribution in [0.1, 0.15) is 46.0 Å². The van der Waals surface area contributed by atoms with Gasteiger partial charge in [-0.3, -0.25) is 8.98 Å². The molecular formula is C19H31N3O3S. The molecule has 26 heavy (non-hydrogen) atoms. The predicted octanol–water partition coefficient (Wildman–Crippen LogP) is 3.16. The van der Waals surface area contributed by atoms with E-state index in [0.29, 0.717) is 18.6 Å². The van der Waals surface area contributed by atoms with Crippen LogP contribution in [0.25, 0.3) is 0 Å². The average Bonchev–Trinajstić information content (AvgIpc) is 3.49. The highest BCUT2D eigenvalue weighted by molar-refractivity contribution is 7.92. The number of hydrogen-bond acceptors (Lipinski definition) is 6. The van der Waals surface area contributed by atoms with Crippen molar-refractivity contribution in [2.45, 2.75) is 58.1 Å². The molecule has 1 aliphatic heterocycles. The molecule has 1 unspecified atom stereocenters. The monoisotopic (exact) mass is 381 g/mol. The maximum atomic E-state index is 12.9. The molecule has 1 saturated heterocycles. The van der Waals surface area contributed by atoms with Crippen LogP contribution in [0.5, 0.6) is 0 Å². The van der Waals surface area contributed by atoms with E-state index in [-0.39, 0.29) is 24.1 Å². The van der Waals surface area contributed by atoms with Gasteiger partial charge in [-0.25, -0.2) is 4.31 Å². The smallest absolute Gasteiger partial charge is 0.264 e. The van der Waals surface area contributed by atoms with E-state index < -0.39 is 0 Å². The minimum atomic E-state index is -0.170. The fourth-order valence-electron chi connectivity index (χ4n) is 3.47. The number of amides is 1. The van der Waals surface area contributed by atoms with Crippen LogP contribution in [0, 0.1) is 17.2 Å². The fourth-order valence-corrected chi connectivity index (χ4v) is 3.97. The quantitative estimate of drug-likeness (QED) is 0.145. The topological polar surface area (TPSA) is 65.6 Å². The molecule has 0 aromatic carbocycles. The first-order chi connectivity index (χ1) is 12.6. The molecule has 1 heterocycles. The Morgan fingerprint density at radius 3 is 2.62 bits per heavy atom. The van der Waals surface area contributed by atoms with E-state index in [1.807, 2.05) is 4.90 Å². The van der Waals surface area contributed by atoms with Crippen LogP contribution < -0.4 is 0 Å². The van der Waals surface area contributed by atoms with Gasteiger partial charge in [0.05, 0.1) is 24.9 Å². The molecule has 2 aliphatic rings. The second kappa shape index (κ2) is 10.9. The van der Waals surface area contributed by atoms with Gasteiger partial charge >= 0.3 is 0 Å². The van der Waals surface area contributed by atoms with E-state index in [9.17, 15) is 10.1 Å². The second-order valence-electron chi connectivity index (χ2n) is 7.03. The number of hydrogen-bond donors (Lipinski definition) is 0. The summed E-state index contributed by atoms with van der Waals surface area (Å²) in [6.45, 7) is 7.19. The standard InChI is InChI=1S/C19H31N3O3S/c1-4-10-22(15(2)16-5-7-18(24-3)8-6-16)19(23)17(14-20)9-13-25-26-21-11-12-21/h9,15-16,18H,4-8,10-13H2,1-3H3/b17-9+. The van der Waals surface area contributed by atoms with Crippen LogP contribution in [0.15, 0.2) is 11.6 Å². The van der Waals surface area contributed by atoms with Crippen LogP contribution in [-0.4, -0.2) is 60.6 Å². The van der Waals surface area contributed by atoms with E-state index in [4.69, 9.17) is 8.92 Å². The molecule has 0 aromatic heterocycles. The van der Waals surface area contributed by atoms with Crippen molar-refractivity contribution in [2.75, 3.05) is 33.4 Å². The molecule has 1 saturated carbocycles. The summed E-state index contributed by atoms with van der Waals surface area (Å²) in [5, 5.41) is 9.44. The van der Waals surface area contributed by atoms with Gasteiger partial charge in [-0.05, 0) is 51.0 Å². The van der Waals surface area contributed by atoms with Crippen molar-refractivity contribution in [3.05, 3.63) is 11.6 Å². The zero-order chi connectivity index (χ0) is 18.9.